The van der Waals surface area contributed by atoms with Gasteiger partial charge in [-0.25, -0.2) is 0 Å². The van der Waals surface area contributed by atoms with E-state index in [0.29, 0.717) is 24.8 Å². The number of aliphatic carboxylic acids is 1. The molecule has 1 N–H and O–H groups in total. The van der Waals surface area contributed by atoms with Gasteiger partial charge in [0.15, 0.2) is 0 Å². The van der Waals surface area contributed by atoms with E-state index in [0.717, 1.165) is 18.7 Å². The standard InChI is InChI=1S/C18H22N2O4/c1-12-4-5-14(18(23)24)11-20(12)17(22)13-6-8-15(9-7-13)19-10-2-3-16(19)21/h6-9,12,14H,2-5,10-11H2,1H3,(H,23,24). The Hall–Kier alpha value is -2.37. The van der Waals surface area contributed by atoms with Gasteiger partial charge in [0, 0.05) is 36.8 Å². The zero-order valence-corrected chi connectivity index (χ0v) is 13.8. The molecule has 0 aromatic heterocycles. The Bertz CT molecular complexity index is 655. The molecule has 0 radical (unpaired) electrons. The molecule has 0 saturated carbocycles. The molecular weight excluding hydrogens is 308 g/mol. The van der Waals surface area contributed by atoms with Gasteiger partial charge in [-0.2, -0.15) is 0 Å². The van der Waals surface area contributed by atoms with Crippen molar-refractivity contribution in [2.24, 2.45) is 5.92 Å². The Labute approximate surface area is 141 Å². The average molecular weight is 330 g/mol. The van der Waals surface area contributed by atoms with Crippen LogP contribution in [0.5, 0.6) is 0 Å². The van der Waals surface area contributed by atoms with E-state index in [2.05, 4.69) is 0 Å². The van der Waals surface area contributed by atoms with Gasteiger partial charge in [-0.1, -0.05) is 0 Å². The maximum Gasteiger partial charge on any atom is 0.308 e. The van der Waals surface area contributed by atoms with Gasteiger partial charge in [0.05, 0.1) is 5.92 Å². The van der Waals surface area contributed by atoms with Gasteiger partial charge in [0.25, 0.3) is 5.91 Å². The SMILES string of the molecule is CC1CCC(C(=O)O)CN1C(=O)c1ccc(N2CCCC2=O)cc1. The predicted molar refractivity (Wildman–Crippen MR) is 88.9 cm³/mol. The normalized spacial score (nSPS) is 24.3. The van der Waals surface area contributed by atoms with Crippen LogP contribution in [-0.4, -0.2) is 46.9 Å². The fraction of sp³-hybridized carbons (Fsp3) is 0.500. The fourth-order valence-corrected chi connectivity index (χ4v) is 3.46. The highest BCUT2D eigenvalue weighted by Crippen LogP contribution is 2.26. The number of hydrogen-bond donors (Lipinski definition) is 1. The summed E-state index contributed by atoms with van der Waals surface area (Å²) in [5.74, 6) is -1.37. The first kappa shape index (κ1) is 16.5. The van der Waals surface area contributed by atoms with E-state index in [1.165, 1.54) is 0 Å². The van der Waals surface area contributed by atoms with E-state index >= 15 is 0 Å². The Morgan fingerprint density at radius 3 is 2.46 bits per heavy atom. The summed E-state index contributed by atoms with van der Waals surface area (Å²) in [6.45, 7) is 2.92. The lowest BCUT2D eigenvalue weighted by Crippen LogP contribution is -2.47. The van der Waals surface area contributed by atoms with E-state index in [-0.39, 0.29) is 24.4 Å². The van der Waals surface area contributed by atoms with Gasteiger partial charge in [0.2, 0.25) is 5.91 Å². The van der Waals surface area contributed by atoms with Crippen LogP contribution < -0.4 is 4.90 Å². The molecule has 1 aromatic rings. The first-order valence-electron chi connectivity index (χ1n) is 8.41. The third kappa shape index (κ3) is 3.13. The second-order valence-electron chi connectivity index (χ2n) is 6.61. The van der Waals surface area contributed by atoms with Gasteiger partial charge in [-0.15, -0.1) is 0 Å². The Kier molecular flexibility index (Phi) is 4.55. The summed E-state index contributed by atoms with van der Waals surface area (Å²) in [5.41, 5.74) is 1.34. The van der Waals surface area contributed by atoms with Gasteiger partial charge in [-0.3, -0.25) is 14.4 Å². The number of amides is 2. The summed E-state index contributed by atoms with van der Waals surface area (Å²) < 4.78 is 0. The number of anilines is 1. The monoisotopic (exact) mass is 330 g/mol. The quantitative estimate of drug-likeness (QED) is 0.921. The summed E-state index contributed by atoms with van der Waals surface area (Å²) in [7, 11) is 0. The minimum Gasteiger partial charge on any atom is -0.481 e. The van der Waals surface area contributed by atoms with Crippen LogP contribution in [0.4, 0.5) is 5.69 Å². The Balaban J connectivity index is 1.74. The summed E-state index contributed by atoms with van der Waals surface area (Å²) in [6, 6.07) is 7.06. The Morgan fingerprint density at radius 1 is 1.17 bits per heavy atom. The number of hydrogen-bond acceptors (Lipinski definition) is 3. The second kappa shape index (κ2) is 6.63. The highest BCUT2D eigenvalue weighted by Gasteiger charge is 2.33. The number of rotatable bonds is 3. The number of carboxylic acid groups (broad SMARTS) is 1. The highest BCUT2D eigenvalue weighted by atomic mass is 16.4. The molecule has 2 aliphatic rings. The molecule has 2 unspecified atom stereocenters. The van der Waals surface area contributed by atoms with Crippen molar-refractivity contribution in [1.29, 1.82) is 0 Å². The second-order valence-corrected chi connectivity index (χ2v) is 6.61. The van der Waals surface area contributed by atoms with E-state index in [4.69, 9.17) is 0 Å². The van der Waals surface area contributed by atoms with Gasteiger partial charge in [-0.05, 0) is 50.5 Å². The molecule has 128 valence electrons. The molecule has 0 bridgehead atoms. The van der Waals surface area contributed by atoms with Crippen molar-refractivity contribution in [2.75, 3.05) is 18.0 Å². The van der Waals surface area contributed by atoms with Crippen LogP contribution >= 0.6 is 0 Å². The molecule has 1 aromatic carbocycles. The van der Waals surface area contributed by atoms with E-state index < -0.39 is 11.9 Å². The smallest absolute Gasteiger partial charge is 0.308 e. The van der Waals surface area contributed by atoms with Crippen molar-refractivity contribution in [3.05, 3.63) is 29.8 Å². The zero-order valence-electron chi connectivity index (χ0n) is 13.8. The van der Waals surface area contributed by atoms with Crippen LogP contribution in [0.2, 0.25) is 0 Å². The van der Waals surface area contributed by atoms with Crippen molar-refractivity contribution < 1.29 is 19.5 Å². The van der Waals surface area contributed by atoms with Crippen molar-refractivity contribution in [3.63, 3.8) is 0 Å². The third-order valence-corrected chi connectivity index (χ3v) is 4.99. The lowest BCUT2D eigenvalue weighted by molar-refractivity contribution is -0.143. The lowest BCUT2D eigenvalue weighted by Gasteiger charge is -2.36. The maximum absolute atomic E-state index is 12.7. The number of carbonyl (C=O) groups is 3. The summed E-state index contributed by atoms with van der Waals surface area (Å²) >= 11 is 0. The molecule has 6 heteroatoms. The van der Waals surface area contributed by atoms with E-state index in [1.54, 1.807) is 34.1 Å². The van der Waals surface area contributed by atoms with Gasteiger partial charge < -0.3 is 14.9 Å². The van der Waals surface area contributed by atoms with Gasteiger partial charge in [0.1, 0.15) is 0 Å². The molecule has 2 heterocycles. The first-order valence-corrected chi connectivity index (χ1v) is 8.41. The molecule has 2 saturated heterocycles. The molecule has 0 aliphatic carbocycles. The van der Waals surface area contributed by atoms with Crippen LogP contribution in [0, 0.1) is 5.92 Å². The zero-order chi connectivity index (χ0) is 17.3. The predicted octanol–water partition coefficient (Wildman–Crippen LogP) is 2.14. The van der Waals surface area contributed by atoms with Crippen LogP contribution in [-0.2, 0) is 9.59 Å². The molecule has 2 amide bonds. The number of carboxylic acids is 1. The maximum atomic E-state index is 12.7. The molecular formula is C18H22N2O4. The average Bonchev–Trinajstić information content (AvgIpc) is 3.00. The minimum absolute atomic E-state index is 0.0351. The van der Waals surface area contributed by atoms with Crippen LogP contribution in [0.25, 0.3) is 0 Å². The van der Waals surface area contributed by atoms with E-state index in [1.807, 2.05) is 6.92 Å². The van der Waals surface area contributed by atoms with Crippen molar-refractivity contribution in [3.8, 4) is 0 Å². The lowest BCUT2D eigenvalue weighted by atomic mass is 9.93. The molecule has 3 rings (SSSR count). The highest BCUT2D eigenvalue weighted by molar-refractivity contribution is 5.97. The molecule has 2 atom stereocenters. The topological polar surface area (TPSA) is 77.9 Å². The molecule has 6 nitrogen and oxygen atoms in total. The largest absolute Gasteiger partial charge is 0.481 e. The molecule has 0 spiro atoms. The number of nitrogens with zero attached hydrogens (tertiary/aromatic N) is 2. The number of likely N-dealkylation sites (tertiary alicyclic amines) is 1. The molecule has 2 fully saturated rings. The molecule has 2 aliphatic heterocycles. The summed E-state index contributed by atoms with van der Waals surface area (Å²) in [5, 5.41) is 9.20. The third-order valence-electron chi connectivity index (χ3n) is 4.99. The van der Waals surface area contributed by atoms with Crippen LogP contribution in [0.15, 0.2) is 24.3 Å². The number of benzene rings is 1. The minimum atomic E-state index is -0.845. The number of piperidine rings is 1. The first-order chi connectivity index (χ1) is 11.5. The van der Waals surface area contributed by atoms with Crippen molar-refractivity contribution in [1.82, 2.24) is 4.90 Å². The van der Waals surface area contributed by atoms with Crippen molar-refractivity contribution >= 4 is 23.5 Å². The summed E-state index contributed by atoms with van der Waals surface area (Å²) in [4.78, 5) is 39.1. The van der Waals surface area contributed by atoms with Crippen molar-refractivity contribution in [2.45, 2.75) is 38.6 Å². The summed E-state index contributed by atoms with van der Waals surface area (Å²) in [6.07, 6.45) is 2.74. The van der Waals surface area contributed by atoms with Gasteiger partial charge >= 0.3 is 5.97 Å². The van der Waals surface area contributed by atoms with Crippen LogP contribution in [0.1, 0.15) is 43.0 Å². The number of carbonyl (C=O) groups excluding carboxylic acids is 2. The Morgan fingerprint density at radius 2 is 1.88 bits per heavy atom. The van der Waals surface area contributed by atoms with E-state index in [9.17, 15) is 19.5 Å². The molecule has 24 heavy (non-hydrogen) atoms. The fourth-order valence-electron chi connectivity index (χ4n) is 3.46. The van der Waals surface area contributed by atoms with Crippen LogP contribution in [0.3, 0.4) is 0 Å².